The van der Waals surface area contributed by atoms with Crippen LogP contribution in [-0.4, -0.2) is 31.0 Å². The van der Waals surface area contributed by atoms with Crippen molar-refractivity contribution >= 4 is 0 Å². The Balaban J connectivity index is 1.76. The lowest BCUT2D eigenvalue weighted by Gasteiger charge is -2.37. The van der Waals surface area contributed by atoms with Gasteiger partial charge in [-0.2, -0.15) is 0 Å². The minimum atomic E-state index is -0.284. The Morgan fingerprint density at radius 1 is 1.32 bits per heavy atom. The zero-order valence-electron chi connectivity index (χ0n) is 10.8. The summed E-state index contributed by atoms with van der Waals surface area (Å²) in [6, 6.07) is 9.58. The van der Waals surface area contributed by atoms with Gasteiger partial charge in [0.25, 0.3) is 0 Å². The summed E-state index contributed by atoms with van der Waals surface area (Å²) in [5.74, 6) is 1.55. The van der Waals surface area contributed by atoms with Crippen LogP contribution in [0.3, 0.4) is 0 Å². The second kappa shape index (κ2) is 4.68. The van der Waals surface area contributed by atoms with E-state index < -0.39 is 0 Å². The monoisotopic (exact) mass is 260 g/mol. The Morgan fingerprint density at radius 3 is 2.63 bits per heavy atom. The van der Waals surface area contributed by atoms with Crippen LogP contribution < -0.4 is 10.5 Å². The Hall–Kier alpha value is -1.85. The molecule has 2 heterocycles. The molecule has 0 spiro atoms. The number of nitrogens with zero attached hydrogens (tertiary/aromatic N) is 1. The largest absolute Gasteiger partial charge is 0.497 e. The van der Waals surface area contributed by atoms with Crippen LogP contribution >= 0.6 is 0 Å². The maximum absolute atomic E-state index is 6.10. The van der Waals surface area contributed by atoms with E-state index >= 15 is 0 Å². The van der Waals surface area contributed by atoms with Crippen LogP contribution in [0.4, 0.5) is 0 Å². The van der Waals surface area contributed by atoms with E-state index in [1.807, 2.05) is 30.3 Å². The number of methoxy groups -OCH3 is 1. The van der Waals surface area contributed by atoms with Crippen LogP contribution in [0.1, 0.15) is 5.69 Å². The van der Waals surface area contributed by atoms with Crippen LogP contribution in [0.25, 0.3) is 11.3 Å². The van der Waals surface area contributed by atoms with Gasteiger partial charge in [-0.25, -0.2) is 0 Å². The average molecular weight is 260 g/mol. The smallest absolute Gasteiger partial charge is 0.167 e. The Labute approximate surface area is 111 Å². The van der Waals surface area contributed by atoms with Gasteiger partial charge in [0.2, 0.25) is 0 Å². The zero-order chi connectivity index (χ0) is 13.3. The topological polar surface area (TPSA) is 70.5 Å². The van der Waals surface area contributed by atoms with Crippen molar-refractivity contribution in [3.8, 4) is 17.1 Å². The molecular weight excluding hydrogens is 244 g/mol. The molecule has 1 aromatic heterocycles. The van der Waals surface area contributed by atoms with Crippen molar-refractivity contribution in [2.24, 2.45) is 5.73 Å². The highest BCUT2D eigenvalue weighted by molar-refractivity contribution is 5.58. The number of hydrogen-bond donors (Lipinski definition) is 1. The van der Waals surface area contributed by atoms with Gasteiger partial charge in [-0.1, -0.05) is 5.16 Å². The normalized spacial score (nSPS) is 16.9. The number of aromatic nitrogens is 1. The van der Waals surface area contributed by atoms with Crippen LogP contribution in [-0.2, 0) is 11.2 Å². The molecular formula is C14H16N2O3. The van der Waals surface area contributed by atoms with E-state index in [0.29, 0.717) is 19.6 Å². The van der Waals surface area contributed by atoms with Crippen molar-refractivity contribution in [1.29, 1.82) is 0 Å². The fourth-order valence-electron chi connectivity index (χ4n) is 2.11. The second-order valence-electron chi connectivity index (χ2n) is 4.94. The van der Waals surface area contributed by atoms with E-state index in [-0.39, 0.29) is 5.54 Å². The molecule has 1 aromatic carbocycles. The van der Waals surface area contributed by atoms with E-state index in [2.05, 4.69) is 5.16 Å². The van der Waals surface area contributed by atoms with Crippen LogP contribution in [0.2, 0.25) is 0 Å². The molecule has 0 unspecified atom stereocenters. The van der Waals surface area contributed by atoms with E-state index in [4.69, 9.17) is 19.7 Å². The zero-order valence-corrected chi connectivity index (χ0v) is 10.8. The van der Waals surface area contributed by atoms with Gasteiger partial charge in [0.1, 0.15) is 5.75 Å². The summed E-state index contributed by atoms with van der Waals surface area (Å²) in [6.07, 6.45) is 0.673. The van der Waals surface area contributed by atoms with E-state index in [9.17, 15) is 0 Å². The highest BCUT2D eigenvalue weighted by Gasteiger charge is 2.35. The van der Waals surface area contributed by atoms with Gasteiger partial charge in [0.05, 0.1) is 31.6 Å². The molecule has 5 nitrogen and oxygen atoms in total. The molecule has 0 saturated carbocycles. The molecule has 0 bridgehead atoms. The fraction of sp³-hybridized carbons (Fsp3) is 0.357. The van der Waals surface area contributed by atoms with Gasteiger partial charge in [-0.05, 0) is 24.3 Å². The molecule has 0 aliphatic carbocycles. The minimum absolute atomic E-state index is 0.284. The van der Waals surface area contributed by atoms with Gasteiger partial charge >= 0.3 is 0 Å². The predicted octanol–water partition coefficient (Wildman–Crippen LogP) is 1.62. The first kappa shape index (κ1) is 12.2. The SMILES string of the molecule is COc1ccc(-c2cc(CC3(N)COC3)no2)cc1. The molecule has 5 heteroatoms. The number of hydrogen-bond acceptors (Lipinski definition) is 5. The summed E-state index contributed by atoms with van der Waals surface area (Å²) in [4.78, 5) is 0. The third-order valence-electron chi connectivity index (χ3n) is 3.25. The van der Waals surface area contributed by atoms with E-state index in [0.717, 1.165) is 22.8 Å². The summed E-state index contributed by atoms with van der Waals surface area (Å²) in [5, 5.41) is 4.06. The van der Waals surface area contributed by atoms with E-state index in [1.54, 1.807) is 7.11 Å². The summed E-state index contributed by atoms with van der Waals surface area (Å²) in [5.41, 5.74) is 7.64. The summed E-state index contributed by atoms with van der Waals surface area (Å²) < 4.78 is 15.6. The first-order valence-electron chi connectivity index (χ1n) is 6.15. The molecule has 2 N–H and O–H groups in total. The van der Waals surface area contributed by atoms with Crippen molar-refractivity contribution in [2.75, 3.05) is 20.3 Å². The van der Waals surface area contributed by atoms with Crippen LogP contribution in [0.5, 0.6) is 5.75 Å². The molecule has 19 heavy (non-hydrogen) atoms. The van der Waals surface area contributed by atoms with Gasteiger partial charge in [0.15, 0.2) is 5.76 Å². The maximum Gasteiger partial charge on any atom is 0.167 e. The maximum atomic E-state index is 6.10. The standard InChI is InChI=1S/C14H16N2O3/c1-17-12-4-2-10(3-5-12)13-6-11(16-19-13)7-14(15)8-18-9-14/h2-6H,7-9,15H2,1H3. The lowest BCUT2D eigenvalue weighted by atomic mass is 9.93. The Morgan fingerprint density at radius 2 is 2.05 bits per heavy atom. The second-order valence-corrected chi connectivity index (χ2v) is 4.94. The lowest BCUT2D eigenvalue weighted by molar-refractivity contribution is -0.0535. The third kappa shape index (κ3) is 2.47. The third-order valence-corrected chi connectivity index (χ3v) is 3.25. The van der Waals surface area contributed by atoms with Gasteiger partial charge in [-0.3, -0.25) is 0 Å². The Bertz CT molecular complexity index is 558. The molecule has 1 aliphatic rings. The summed E-state index contributed by atoms with van der Waals surface area (Å²) >= 11 is 0. The number of ether oxygens (including phenoxy) is 2. The van der Waals surface area contributed by atoms with Gasteiger partial charge in [0, 0.05) is 18.1 Å². The molecule has 1 aliphatic heterocycles. The fourth-order valence-corrected chi connectivity index (χ4v) is 2.11. The molecule has 3 rings (SSSR count). The highest BCUT2D eigenvalue weighted by atomic mass is 16.5. The molecule has 1 fully saturated rings. The van der Waals surface area contributed by atoms with Crippen LogP contribution in [0, 0.1) is 0 Å². The van der Waals surface area contributed by atoms with Crippen molar-refractivity contribution in [2.45, 2.75) is 12.0 Å². The first-order valence-corrected chi connectivity index (χ1v) is 6.15. The molecule has 2 aromatic rings. The average Bonchev–Trinajstić information content (AvgIpc) is 2.85. The first-order chi connectivity index (χ1) is 9.18. The minimum Gasteiger partial charge on any atom is -0.497 e. The molecule has 0 atom stereocenters. The van der Waals surface area contributed by atoms with Crippen molar-refractivity contribution < 1.29 is 14.0 Å². The quantitative estimate of drug-likeness (QED) is 0.904. The molecule has 0 radical (unpaired) electrons. The number of benzene rings is 1. The van der Waals surface area contributed by atoms with E-state index in [1.165, 1.54) is 0 Å². The number of nitrogens with two attached hydrogens (primary N) is 1. The van der Waals surface area contributed by atoms with Gasteiger partial charge in [-0.15, -0.1) is 0 Å². The van der Waals surface area contributed by atoms with Gasteiger partial charge < -0.3 is 19.7 Å². The molecule has 1 saturated heterocycles. The van der Waals surface area contributed by atoms with Crippen LogP contribution in [0.15, 0.2) is 34.9 Å². The summed E-state index contributed by atoms with van der Waals surface area (Å²) in [7, 11) is 1.64. The van der Waals surface area contributed by atoms with Crippen molar-refractivity contribution in [3.63, 3.8) is 0 Å². The lowest BCUT2D eigenvalue weighted by Crippen LogP contribution is -2.58. The number of rotatable bonds is 4. The summed E-state index contributed by atoms with van der Waals surface area (Å²) in [6.45, 7) is 1.16. The van der Waals surface area contributed by atoms with Crippen molar-refractivity contribution in [3.05, 3.63) is 36.0 Å². The molecule has 100 valence electrons. The highest BCUT2D eigenvalue weighted by Crippen LogP contribution is 2.25. The molecule has 0 amide bonds. The van der Waals surface area contributed by atoms with Crippen molar-refractivity contribution in [1.82, 2.24) is 5.16 Å². The Kier molecular flexibility index (Phi) is 3.00. The predicted molar refractivity (Wildman–Crippen MR) is 69.9 cm³/mol.